The third-order valence-corrected chi connectivity index (χ3v) is 5.12. The largest absolute Gasteiger partial charge is 0.508 e. The normalized spacial score (nSPS) is 28.4. The first kappa shape index (κ1) is 14.7. The number of phenols is 1. The van der Waals surface area contributed by atoms with Crippen LogP contribution >= 0.6 is 0 Å². The van der Waals surface area contributed by atoms with Gasteiger partial charge in [-0.1, -0.05) is 19.8 Å². The first-order chi connectivity index (χ1) is 10.2. The lowest BCUT2D eigenvalue weighted by Crippen LogP contribution is -2.47. The second-order valence-corrected chi connectivity index (χ2v) is 6.23. The van der Waals surface area contributed by atoms with E-state index in [-0.39, 0.29) is 5.75 Å². The number of phenolic OH excluding ortho intramolecular Hbond substituents is 1. The van der Waals surface area contributed by atoms with Crippen LogP contribution in [-0.2, 0) is 0 Å². The molecule has 1 saturated carbocycles. The van der Waals surface area contributed by atoms with Crippen molar-refractivity contribution in [2.45, 2.75) is 44.7 Å². The van der Waals surface area contributed by atoms with Crippen molar-refractivity contribution in [3.05, 3.63) is 23.8 Å². The van der Waals surface area contributed by atoms with E-state index >= 15 is 0 Å². The summed E-state index contributed by atoms with van der Waals surface area (Å²) in [7, 11) is 0. The van der Waals surface area contributed by atoms with Crippen LogP contribution in [-0.4, -0.2) is 35.7 Å². The molecule has 0 radical (unpaired) electrons. The lowest BCUT2D eigenvalue weighted by atomic mass is 9.82. The quantitative estimate of drug-likeness (QED) is 0.895. The van der Waals surface area contributed by atoms with Gasteiger partial charge in [-0.2, -0.15) is 0 Å². The van der Waals surface area contributed by atoms with Gasteiger partial charge in [0.25, 0.3) is 0 Å². The number of aromatic hydroxyl groups is 1. The highest BCUT2D eigenvalue weighted by molar-refractivity contribution is 5.44. The SMILES string of the molecule is CCN(C1COc2cc(O)ccc21)C1CCCCC1CN. The number of nitrogens with two attached hydrogens (primary N) is 1. The minimum absolute atomic E-state index is 0.273. The highest BCUT2D eigenvalue weighted by atomic mass is 16.5. The van der Waals surface area contributed by atoms with E-state index < -0.39 is 0 Å². The number of likely N-dealkylation sites (N-methyl/N-ethyl adjacent to an activating group) is 1. The van der Waals surface area contributed by atoms with Crippen LogP contribution in [0.15, 0.2) is 18.2 Å². The van der Waals surface area contributed by atoms with Gasteiger partial charge in [0, 0.05) is 17.7 Å². The van der Waals surface area contributed by atoms with E-state index in [1.807, 2.05) is 6.07 Å². The number of fused-ring (bicyclic) bond motifs is 1. The van der Waals surface area contributed by atoms with Gasteiger partial charge < -0.3 is 15.6 Å². The van der Waals surface area contributed by atoms with Crippen molar-refractivity contribution < 1.29 is 9.84 Å². The molecule has 0 aromatic heterocycles. The Bertz CT molecular complexity index is 492. The molecule has 4 nitrogen and oxygen atoms in total. The van der Waals surface area contributed by atoms with E-state index in [9.17, 15) is 5.11 Å². The average Bonchev–Trinajstić information content (AvgIpc) is 2.91. The van der Waals surface area contributed by atoms with Crippen molar-refractivity contribution in [2.75, 3.05) is 19.7 Å². The molecule has 1 fully saturated rings. The van der Waals surface area contributed by atoms with E-state index in [1.54, 1.807) is 12.1 Å². The molecule has 1 heterocycles. The van der Waals surface area contributed by atoms with Crippen molar-refractivity contribution in [1.29, 1.82) is 0 Å². The number of ether oxygens (including phenoxy) is 1. The van der Waals surface area contributed by atoms with Gasteiger partial charge >= 0.3 is 0 Å². The Kier molecular flexibility index (Phi) is 4.36. The van der Waals surface area contributed by atoms with E-state index in [2.05, 4.69) is 11.8 Å². The maximum Gasteiger partial charge on any atom is 0.127 e. The van der Waals surface area contributed by atoms with Gasteiger partial charge in [-0.05, 0) is 44.0 Å². The molecule has 3 N–H and O–H groups in total. The Morgan fingerprint density at radius 2 is 2.14 bits per heavy atom. The number of hydrogen-bond donors (Lipinski definition) is 2. The van der Waals surface area contributed by atoms with Crippen LogP contribution in [0, 0.1) is 5.92 Å². The Balaban J connectivity index is 1.84. The van der Waals surface area contributed by atoms with Crippen LogP contribution in [0.1, 0.15) is 44.2 Å². The first-order valence-electron chi connectivity index (χ1n) is 8.16. The standard InChI is InChI=1S/C17H26N2O2/c1-2-19(15-6-4-3-5-12(15)10-18)16-11-21-17-9-13(20)7-8-14(16)17/h7-9,12,15-16,20H,2-6,10-11,18H2,1H3. The number of nitrogens with zero attached hydrogens (tertiary/aromatic N) is 1. The second-order valence-electron chi connectivity index (χ2n) is 6.23. The molecule has 21 heavy (non-hydrogen) atoms. The van der Waals surface area contributed by atoms with Crippen molar-refractivity contribution in [2.24, 2.45) is 11.7 Å². The fraction of sp³-hybridized carbons (Fsp3) is 0.647. The fourth-order valence-corrected chi connectivity index (χ4v) is 4.04. The molecule has 3 rings (SSSR count). The summed E-state index contributed by atoms with van der Waals surface area (Å²) in [4.78, 5) is 2.57. The molecule has 4 heteroatoms. The van der Waals surface area contributed by atoms with Crippen LogP contribution in [0.3, 0.4) is 0 Å². The molecular formula is C17H26N2O2. The van der Waals surface area contributed by atoms with Gasteiger partial charge in [-0.3, -0.25) is 4.90 Å². The van der Waals surface area contributed by atoms with Crippen molar-refractivity contribution >= 4 is 0 Å². The molecule has 0 saturated heterocycles. The number of rotatable bonds is 4. The van der Waals surface area contributed by atoms with Gasteiger partial charge in [-0.15, -0.1) is 0 Å². The van der Waals surface area contributed by atoms with Gasteiger partial charge in [0.05, 0.1) is 6.04 Å². The van der Waals surface area contributed by atoms with Crippen LogP contribution < -0.4 is 10.5 Å². The van der Waals surface area contributed by atoms with Gasteiger partial charge in [0.1, 0.15) is 18.1 Å². The number of hydrogen-bond acceptors (Lipinski definition) is 4. The minimum Gasteiger partial charge on any atom is -0.508 e. The maximum atomic E-state index is 9.60. The maximum absolute atomic E-state index is 9.60. The van der Waals surface area contributed by atoms with E-state index in [4.69, 9.17) is 10.5 Å². The Morgan fingerprint density at radius 1 is 1.33 bits per heavy atom. The summed E-state index contributed by atoms with van der Waals surface area (Å²) in [6.07, 6.45) is 5.09. The van der Waals surface area contributed by atoms with E-state index in [1.165, 1.54) is 31.2 Å². The summed E-state index contributed by atoms with van der Waals surface area (Å²) in [6, 6.07) is 6.34. The Hall–Kier alpha value is -1.26. The van der Waals surface area contributed by atoms with Crippen LogP contribution in [0.4, 0.5) is 0 Å². The van der Waals surface area contributed by atoms with Gasteiger partial charge in [0.2, 0.25) is 0 Å². The molecule has 0 amide bonds. The Labute approximate surface area is 126 Å². The molecule has 1 aliphatic heterocycles. The number of benzene rings is 1. The smallest absolute Gasteiger partial charge is 0.127 e. The zero-order valence-electron chi connectivity index (χ0n) is 12.8. The molecule has 0 bridgehead atoms. The monoisotopic (exact) mass is 290 g/mol. The summed E-state index contributed by atoms with van der Waals surface area (Å²) in [5, 5.41) is 9.60. The van der Waals surface area contributed by atoms with Crippen molar-refractivity contribution in [3.8, 4) is 11.5 Å². The van der Waals surface area contributed by atoms with Crippen LogP contribution in [0.25, 0.3) is 0 Å². The average molecular weight is 290 g/mol. The molecular weight excluding hydrogens is 264 g/mol. The minimum atomic E-state index is 0.273. The third-order valence-electron chi connectivity index (χ3n) is 5.12. The predicted octanol–water partition coefficient (Wildman–Crippen LogP) is 2.67. The zero-order chi connectivity index (χ0) is 14.8. The van der Waals surface area contributed by atoms with Gasteiger partial charge in [-0.25, -0.2) is 0 Å². The first-order valence-corrected chi connectivity index (χ1v) is 8.16. The summed E-state index contributed by atoms with van der Waals surface area (Å²) in [5.41, 5.74) is 7.21. The van der Waals surface area contributed by atoms with Crippen molar-refractivity contribution in [1.82, 2.24) is 4.90 Å². The highest BCUT2D eigenvalue weighted by Gasteiger charge is 2.36. The fourth-order valence-electron chi connectivity index (χ4n) is 4.04. The van der Waals surface area contributed by atoms with Crippen molar-refractivity contribution in [3.63, 3.8) is 0 Å². The molecule has 1 aromatic carbocycles. The lowest BCUT2D eigenvalue weighted by molar-refractivity contribution is 0.0596. The molecule has 1 aliphatic carbocycles. The molecule has 116 valence electrons. The second kappa shape index (κ2) is 6.24. The molecule has 0 spiro atoms. The van der Waals surface area contributed by atoms with Crippen LogP contribution in [0.2, 0.25) is 0 Å². The topological polar surface area (TPSA) is 58.7 Å². The lowest BCUT2D eigenvalue weighted by Gasteiger charge is -2.42. The molecule has 2 aliphatic rings. The molecule has 1 aromatic rings. The summed E-state index contributed by atoms with van der Waals surface area (Å²) in [5.74, 6) is 1.70. The van der Waals surface area contributed by atoms with Crippen LogP contribution in [0.5, 0.6) is 11.5 Å². The summed E-state index contributed by atoms with van der Waals surface area (Å²) < 4.78 is 5.80. The van der Waals surface area contributed by atoms with Gasteiger partial charge in [0.15, 0.2) is 0 Å². The third kappa shape index (κ3) is 2.74. The van der Waals surface area contributed by atoms with E-state index in [0.717, 1.165) is 18.8 Å². The Morgan fingerprint density at radius 3 is 2.90 bits per heavy atom. The summed E-state index contributed by atoms with van der Waals surface area (Å²) >= 11 is 0. The predicted molar refractivity (Wildman–Crippen MR) is 83.5 cm³/mol. The summed E-state index contributed by atoms with van der Waals surface area (Å²) in [6.45, 7) is 4.69. The van der Waals surface area contributed by atoms with E-state index in [0.29, 0.717) is 24.6 Å². The molecule has 3 atom stereocenters. The zero-order valence-corrected chi connectivity index (χ0v) is 12.8. The molecule has 3 unspecified atom stereocenters. The highest BCUT2D eigenvalue weighted by Crippen LogP contribution is 2.41.